The van der Waals surface area contributed by atoms with Crippen molar-refractivity contribution in [2.45, 2.75) is 38.3 Å². The summed E-state index contributed by atoms with van der Waals surface area (Å²) in [6.45, 7) is 6.24. The molecule has 1 aliphatic heterocycles. The number of nitrogens with one attached hydrogen (secondary N) is 1. The van der Waals surface area contributed by atoms with Crippen molar-refractivity contribution in [2.24, 2.45) is 5.92 Å². The van der Waals surface area contributed by atoms with E-state index in [1.54, 1.807) is 67.6 Å². The Labute approximate surface area is 246 Å². The van der Waals surface area contributed by atoms with Crippen LogP contribution in [-0.4, -0.2) is 57.5 Å². The van der Waals surface area contributed by atoms with Crippen molar-refractivity contribution < 1.29 is 27.5 Å². The summed E-state index contributed by atoms with van der Waals surface area (Å²) in [5, 5.41) is 3.41. The van der Waals surface area contributed by atoms with Crippen LogP contribution in [0.25, 0.3) is 0 Å². The number of amides is 2. The zero-order valence-corrected chi connectivity index (χ0v) is 24.8. The molecule has 11 heteroatoms. The number of fused-ring (bicyclic) bond motifs is 1. The number of hydrogen-bond donors (Lipinski definition) is 1. The van der Waals surface area contributed by atoms with Gasteiger partial charge in [0.15, 0.2) is 11.5 Å². The number of carbonyl (C=O) groups is 2. The highest BCUT2D eigenvalue weighted by Gasteiger charge is 2.33. The SMILES string of the molecule is CC(C)CNC(=O)[C@@H](C)N(Cc1ccc(Cl)cc1)C(=O)CN(c1ccc2c(c1)OCCO2)S(=O)(=O)c1ccccc1. The predicted octanol–water partition coefficient (Wildman–Crippen LogP) is 4.50. The highest BCUT2D eigenvalue weighted by molar-refractivity contribution is 7.92. The molecule has 0 unspecified atom stereocenters. The molecule has 0 spiro atoms. The fraction of sp³-hybridized carbons (Fsp3) is 0.333. The van der Waals surface area contributed by atoms with Gasteiger partial charge in [-0.2, -0.15) is 0 Å². The normalized spacial score (nSPS) is 13.4. The lowest BCUT2D eigenvalue weighted by atomic mass is 10.1. The van der Waals surface area contributed by atoms with E-state index in [4.69, 9.17) is 21.1 Å². The monoisotopic (exact) mass is 599 g/mol. The van der Waals surface area contributed by atoms with Gasteiger partial charge in [0.2, 0.25) is 11.8 Å². The van der Waals surface area contributed by atoms with Crippen LogP contribution in [0.1, 0.15) is 26.3 Å². The Morgan fingerprint density at radius 1 is 0.927 bits per heavy atom. The first-order valence-electron chi connectivity index (χ1n) is 13.4. The van der Waals surface area contributed by atoms with Crippen molar-refractivity contribution in [3.8, 4) is 11.5 Å². The molecule has 2 amide bonds. The summed E-state index contributed by atoms with van der Waals surface area (Å²) < 4.78 is 40.2. The van der Waals surface area contributed by atoms with Crippen molar-refractivity contribution in [3.63, 3.8) is 0 Å². The lowest BCUT2D eigenvalue weighted by Gasteiger charge is -2.32. The first-order valence-corrected chi connectivity index (χ1v) is 15.2. The van der Waals surface area contributed by atoms with Crippen molar-refractivity contribution in [1.29, 1.82) is 0 Å². The van der Waals surface area contributed by atoms with Crippen LogP contribution in [0.15, 0.2) is 77.7 Å². The molecule has 0 fully saturated rings. The van der Waals surface area contributed by atoms with Gasteiger partial charge >= 0.3 is 0 Å². The summed E-state index contributed by atoms with van der Waals surface area (Å²) in [6.07, 6.45) is 0. The van der Waals surface area contributed by atoms with Gasteiger partial charge in [0, 0.05) is 24.2 Å². The zero-order valence-electron chi connectivity index (χ0n) is 23.2. The number of carbonyl (C=O) groups excluding carboxylic acids is 2. The summed E-state index contributed by atoms with van der Waals surface area (Å²) in [6, 6.07) is 18.7. The third-order valence-electron chi connectivity index (χ3n) is 6.54. The quantitative estimate of drug-likeness (QED) is 0.348. The van der Waals surface area contributed by atoms with Crippen LogP contribution in [0.2, 0.25) is 5.02 Å². The maximum atomic E-state index is 14.0. The number of benzene rings is 3. The number of anilines is 1. The molecule has 0 saturated heterocycles. The second-order valence-corrected chi connectivity index (χ2v) is 12.4. The van der Waals surface area contributed by atoms with Crippen LogP contribution >= 0.6 is 11.6 Å². The molecular weight excluding hydrogens is 566 g/mol. The number of sulfonamides is 1. The van der Waals surface area contributed by atoms with Crippen LogP contribution in [0.5, 0.6) is 11.5 Å². The van der Waals surface area contributed by atoms with Gasteiger partial charge in [0.25, 0.3) is 10.0 Å². The second-order valence-electron chi connectivity index (χ2n) is 10.1. The van der Waals surface area contributed by atoms with E-state index in [1.165, 1.54) is 17.0 Å². The zero-order chi connectivity index (χ0) is 29.6. The van der Waals surface area contributed by atoms with Crippen LogP contribution in [0.3, 0.4) is 0 Å². The van der Waals surface area contributed by atoms with Crippen molar-refractivity contribution in [1.82, 2.24) is 10.2 Å². The standard InChI is InChI=1S/C30H34ClN3O6S/c1-21(2)18-32-30(36)22(3)33(19-23-9-11-24(31)12-10-23)29(35)20-34(41(37,38)26-7-5-4-6-8-26)25-13-14-27-28(17-25)40-16-15-39-27/h4-14,17,21-22H,15-16,18-20H2,1-3H3,(H,32,36)/t22-/m1/s1. The molecule has 1 aliphatic rings. The van der Waals surface area contributed by atoms with Gasteiger partial charge in [0.1, 0.15) is 25.8 Å². The highest BCUT2D eigenvalue weighted by atomic mass is 35.5. The molecular formula is C30H34ClN3O6S. The largest absolute Gasteiger partial charge is 0.486 e. The van der Waals surface area contributed by atoms with E-state index < -0.39 is 28.5 Å². The summed E-state index contributed by atoms with van der Waals surface area (Å²) in [7, 11) is -4.18. The predicted molar refractivity (Wildman–Crippen MR) is 158 cm³/mol. The molecule has 9 nitrogen and oxygen atoms in total. The van der Waals surface area contributed by atoms with E-state index in [0.29, 0.717) is 36.3 Å². The lowest BCUT2D eigenvalue weighted by molar-refractivity contribution is -0.139. The van der Waals surface area contributed by atoms with Gasteiger partial charge < -0.3 is 19.7 Å². The Kier molecular flexibility index (Phi) is 9.77. The minimum absolute atomic E-state index is 0.0228. The van der Waals surface area contributed by atoms with Gasteiger partial charge in [-0.15, -0.1) is 0 Å². The smallest absolute Gasteiger partial charge is 0.264 e. The number of nitrogens with zero attached hydrogens (tertiary/aromatic N) is 2. The molecule has 0 aromatic heterocycles. The Hall–Kier alpha value is -3.76. The van der Waals surface area contributed by atoms with Crippen molar-refractivity contribution in [3.05, 3.63) is 83.4 Å². The average molecular weight is 600 g/mol. The second kappa shape index (κ2) is 13.3. The topological polar surface area (TPSA) is 105 Å². The molecule has 3 aromatic carbocycles. The van der Waals surface area contributed by atoms with E-state index >= 15 is 0 Å². The molecule has 218 valence electrons. The van der Waals surface area contributed by atoms with Gasteiger partial charge in [-0.1, -0.05) is 55.8 Å². The highest BCUT2D eigenvalue weighted by Crippen LogP contribution is 2.36. The molecule has 0 bridgehead atoms. The van der Waals surface area contributed by atoms with E-state index in [1.807, 2.05) is 13.8 Å². The summed E-state index contributed by atoms with van der Waals surface area (Å²) in [5.74, 6) is 0.199. The van der Waals surface area contributed by atoms with Crippen LogP contribution in [-0.2, 0) is 26.2 Å². The van der Waals surface area contributed by atoms with E-state index in [9.17, 15) is 18.0 Å². The van der Waals surface area contributed by atoms with Crippen molar-refractivity contribution in [2.75, 3.05) is 30.6 Å². The van der Waals surface area contributed by atoms with Crippen molar-refractivity contribution >= 4 is 39.1 Å². The number of ether oxygens (including phenoxy) is 2. The van der Waals surface area contributed by atoms with E-state index in [-0.39, 0.29) is 29.0 Å². The molecule has 41 heavy (non-hydrogen) atoms. The molecule has 4 rings (SSSR count). The van der Waals surface area contributed by atoms with Gasteiger partial charge in [-0.05, 0) is 54.8 Å². The minimum atomic E-state index is -4.18. The molecule has 1 heterocycles. The van der Waals surface area contributed by atoms with Gasteiger partial charge in [-0.3, -0.25) is 13.9 Å². The van der Waals surface area contributed by atoms with E-state index in [2.05, 4.69) is 5.32 Å². The Balaban J connectivity index is 1.71. The maximum absolute atomic E-state index is 14.0. The molecule has 1 atom stereocenters. The fourth-order valence-electron chi connectivity index (χ4n) is 4.26. The average Bonchev–Trinajstić information content (AvgIpc) is 2.98. The molecule has 3 aromatic rings. The summed E-state index contributed by atoms with van der Waals surface area (Å²) in [5.41, 5.74) is 0.970. The first kappa shape index (κ1) is 30.2. The Morgan fingerprint density at radius 2 is 1.59 bits per heavy atom. The van der Waals surface area contributed by atoms with Gasteiger partial charge in [-0.25, -0.2) is 8.42 Å². The fourth-order valence-corrected chi connectivity index (χ4v) is 5.81. The number of halogens is 1. The Morgan fingerprint density at radius 3 is 2.24 bits per heavy atom. The Bertz CT molecular complexity index is 1470. The van der Waals surface area contributed by atoms with Crippen LogP contribution < -0.4 is 19.1 Å². The van der Waals surface area contributed by atoms with E-state index in [0.717, 1.165) is 9.87 Å². The maximum Gasteiger partial charge on any atom is 0.264 e. The number of hydrogen-bond acceptors (Lipinski definition) is 6. The third-order valence-corrected chi connectivity index (χ3v) is 8.58. The summed E-state index contributed by atoms with van der Waals surface area (Å²) >= 11 is 6.05. The van der Waals surface area contributed by atoms with Gasteiger partial charge in [0.05, 0.1) is 10.6 Å². The summed E-state index contributed by atoms with van der Waals surface area (Å²) in [4.78, 5) is 28.5. The lowest BCUT2D eigenvalue weighted by Crippen LogP contribution is -2.51. The number of rotatable bonds is 11. The minimum Gasteiger partial charge on any atom is -0.486 e. The molecule has 1 N–H and O–H groups in total. The molecule has 0 aliphatic carbocycles. The first-order chi connectivity index (χ1) is 19.6. The van der Waals surface area contributed by atoms with Crippen LogP contribution in [0, 0.1) is 5.92 Å². The molecule has 0 radical (unpaired) electrons. The third kappa shape index (κ3) is 7.51. The molecule has 0 saturated carbocycles. The van der Waals surface area contributed by atoms with Crippen LogP contribution in [0.4, 0.5) is 5.69 Å².